The number of anilines is 2. The van der Waals surface area contributed by atoms with E-state index in [1.807, 2.05) is 0 Å². The Kier molecular flexibility index (Phi) is 4.24. The zero-order chi connectivity index (χ0) is 14.0. The van der Waals surface area contributed by atoms with Crippen molar-refractivity contribution in [2.24, 2.45) is 5.73 Å². The average Bonchev–Trinajstić information content (AvgIpc) is 2.35. The van der Waals surface area contributed by atoms with Gasteiger partial charge < -0.3 is 11.1 Å². The lowest BCUT2D eigenvalue weighted by Gasteiger charge is -2.13. The first kappa shape index (κ1) is 14.1. The van der Waals surface area contributed by atoms with Crippen LogP contribution in [-0.2, 0) is 0 Å². The minimum absolute atomic E-state index is 0.192. The summed E-state index contributed by atoms with van der Waals surface area (Å²) in [6.45, 7) is 0. The number of hydrogen-bond acceptors (Lipinski definition) is 2. The zero-order valence-corrected chi connectivity index (χ0v) is 11.9. The predicted octanol–water partition coefficient (Wildman–Crippen LogP) is 4.51. The molecule has 0 unspecified atom stereocenters. The fourth-order valence-corrected chi connectivity index (χ4v) is 2.07. The molecule has 0 aliphatic carbocycles. The fraction of sp³-hybridized carbons (Fsp3) is 0. The van der Waals surface area contributed by atoms with Gasteiger partial charge in [0.1, 0.15) is 10.8 Å². The van der Waals surface area contributed by atoms with Crippen molar-refractivity contribution in [2.75, 3.05) is 5.32 Å². The van der Waals surface area contributed by atoms with Crippen LogP contribution in [0.5, 0.6) is 0 Å². The number of thiocarbonyl (C=S) groups is 1. The highest BCUT2D eigenvalue weighted by atomic mass is 35.5. The minimum atomic E-state index is -0.391. The molecule has 0 saturated heterocycles. The Labute approximate surface area is 125 Å². The van der Waals surface area contributed by atoms with E-state index < -0.39 is 5.82 Å². The second-order valence-electron chi connectivity index (χ2n) is 3.80. The largest absolute Gasteiger partial charge is 0.389 e. The van der Waals surface area contributed by atoms with E-state index in [2.05, 4.69) is 5.32 Å². The molecule has 98 valence electrons. The third kappa shape index (κ3) is 3.35. The number of halogens is 3. The topological polar surface area (TPSA) is 38.0 Å². The van der Waals surface area contributed by atoms with Gasteiger partial charge in [-0.05, 0) is 36.4 Å². The molecule has 2 rings (SSSR count). The van der Waals surface area contributed by atoms with Crippen molar-refractivity contribution in [3.05, 3.63) is 57.8 Å². The summed E-state index contributed by atoms with van der Waals surface area (Å²) >= 11 is 16.8. The molecule has 6 heteroatoms. The van der Waals surface area contributed by atoms with E-state index in [4.69, 9.17) is 41.2 Å². The lowest BCUT2D eigenvalue weighted by atomic mass is 10.1. The second kappa shape index (κ2) is 5.74. The van der Waals surface area contributed by atoms with Crippen LogP contribution in [0.2, 0.25) is 10.0 Å². The molecule has 2 aromatic rings. The molecule has 0 bridgehead atoms. The van der Waals surface area contributed by atoms with Crippen LogP contribution in [0, 0.1) is 5.82 Å². The van der Waals surface area contributed by atoms with E-state index in [9.17, 15) is 4.39 Å². The highest BCUT2D eigenvalue weighted by molar-refractivity contribution is 7.80. The number of rotatable bonds is 3. The first-order chi connectivity index (χ1) is 8.97. The monoisotopic (exact) mass is 314 g/mol. The standard InChI is InChI=1S/C13H9Cl2FN2S/c14-7-1-4-11(9(5-7)13(17)19)18-12-6-8(16)2-3-10(12)15/h1-6,18H,(H2,17,19). The van der Waals surface area contributed by atoms with Crippen LogP contribution in [0.1, 0.15) is 5.56 Å². The Morgan fingerprint density at radius 1 is 1.11 bits per heavy atom. The number of benzene rings is 2. The zero-order valence-electron chi connectivity index (χ0n) is 9.58. The summed E-state index contributed by atoms with van der Waals surface area (Å²) in [6, 6.07) is 9.07. The molecular weight excluding hydrogens is 306 g/mol. The molecule has 2 nitrogen and oxygen atoms in total. The molecule has 0 spiro atoms. The Balaban J connectivity index is 2.43. The molecule has 0 aliphatic rings. The van der Waals surface area contributed by atoms with Gasteiger partial charge in [0.15, 0.2) is 0 Å². The van der Waals surface area contributed by atoms with Gasteiger partial charge in [0.2, 0.25) is 0 Å². The molecule has 0 radical (unpaired) electrons. The molecule has 0 saturated carbocycles. The lowest BCUT2D eigenvalue weighted by Crippen LogP contribution is -2.12. The minimum Gasteiger partial charge on any atom is -0.389 e. The normalized spacial score (nSPS) is 10.3. The first-order valence-electron chi connectivity index (χ1n) is 5.29. The van der Waals surface area contributed by atoms with Crippen LogP contribution >= 0.6 is 35.4 Å². The maximum absolute atomic E-state index is 13.2. The first-order valence-corrected chi connectivity index (χ1v) is 6.45. The van der Waals surface area contributed by atoms with Gasteiger partial charge >= 0.3 is 0 Å². The van der Waals surface area contributed by atoms with E-state index in [0.29, 0.717) is 27.0 Å². The van der Waals surface area contributed by atoms with Gasteiger partial charge in [0.25, 0.3) is 0 Å². The van der Waals surface area contributed by atoms with Crippen molar-refractivity contribution in [3.63, 3.8) is 0 Å². The van der Waals surface area contributed by atoms with Gasteiger partial charge in [-0.2, -0.15) is 0 Å². The summed E-state index contributed by atoms with van der Waals surface area (Å²) < 4.78 is 13.2. The van der Waals surface area contributed by atoms with Gasteiger partial charge in [-0.1, -0.05) is 35.4 Å². The lowest BCUT2D eigenvalue weighted by molar-refractivity contribution is 0.628. The van der Waals surface area contributed by atoms with Crippen LogP contribution in [0.25, 0.3) is 0 Å². The molecular formula is C13H9Cl2FN2S. The van der Waals surface area contributed by atoms with Gasteiger partial charge in [-0.3, -0.25) is 0 Å². The van der Waals surface area contributed by atoms with Crippen LogP contribution < -0.4 is 11.1 Å². The van der Waals surface area contributed by atoms with E-state index in [0.717, 1.165) is 0 Å². The van der Waals surface area contributed by atoms with Crippen molar-refractivity contribution in [2.45, 2.75) is 0 Å². The third-order valence-electron chi connectivity index (χ3n) is 2.44. The van der Waals surface area contributed by atoms with Crippen LogP contribution in [0.4, 0.5) is 15.8 Å². The quantitative estimate of drug-likeness (QED) is 0.819. The molecule has 0 heterocycles. The summed E-state index contributed by atoms with van der Waals surface area (Å²) in [6.07, 6.45) is 0. The van der Waals surface area contributed by atoms with Crippen LogP contribution in [0.15, 0.2) is 36.4 Å². The van der Waals surface area contributed by atoms with Crippen LogP contribution in [0.3, 0.4) is 0 Å². The van der Waals surface area contributed by atoms with Crippen molar-refractivity contribution < 1.29 is 4.39 Å². The smallest absolute Gasteiger partial charge is 0.125 e. The number of nitrogens with one attached hydrogen (secondary N) is 1. The molecule has 3 N–H and O–H groups in total. The van der Waals surface area contributed by atoms with Crippen molar-refractivity contribution in [3.8, 4) is 0 Å². The molecule has 0 aliphatic heterocycles. The molecule has 2 aromatic carbocycles. The van der Waals surface area contributed by atoms with Crippen molar-refractivity contribution in [1.29, 1.82) is 0 Å². The summed E-state index contributed by atoms with van der Waals surface area (Å²) in [5.41, 5.74) is 7.25. The van der Waals surface area contributed by atoms with Gasteiger partial charge in [0.05, 0.1) is 10.7 Å². The van der Waals surface area contributed by atoms with E-state index in [1.54, 1.807) is 18.2 Å². The van der Waals surface area contributed by atoms with Crippen molar-refractivity contribution in [1.82, 2.24) is 0 Å². The highest BCUT2D eigenvalue weighted by Crippen LogP contribution is 2.29. The van der Waals surface area contributed by atoms with Crippen molar-refractivity contribution >= 4 is 51.8 Å². The van der Waals surface area contributed by atoms with E-state index >= 15 is 0 Å². The SMILES string of the molecule is NC(=S)c1cc(Cl)ccc1Nc1cc(F)ccc1Cl. The van der Waals surface area contributed by atoms with Crippen LogP contribution in [-0.4, -0.2) is 4.99 Å². The predicted molar refractivity (Wildman–Crippen MR) is 82.0 cm³/mol. The molecule has 0 amide bonds. The summed E-state index contributed by atoms with van der Waals surface area (Å²) in [4.78, 5) is 0.192. The molecule has 0 atom stereocenters. The van der Waals surface area contributed by atoms with Gasteiger partial charge in [0, 0.05) is 16.3 Å². The number of nitrogens with two attached hydrogens (primary N) is 1. The summed E-state index contributed by atoms with van der Waals surface area (Å²) in [5.74, 6) is -0.391. The molecule has 0 aromatic heterocycles. The average molecular weight is 315 g/mol. The summed E-state index contributed by atoms with van der Waals surface area (Å²) in [7, 11) is 0. The fourth-order valence-electron chi connectivity index (χ4n) is 1.57. The molecule has 19 heavy (non-hydrogen) atoms. The van der Waals surface area contributed by atoms with E-state index in [1.165, 1.54) is 18.2 Å². The van der Waals surface area contributed by atoms with Gasteiger partial charge in [-0.15, -0.1) is 0 Å². The maximum Gasteiger partial charge on any atom is 0.125 e. The summed E-state index contributed by atoms with van der Waals surface area (Å²) in [5, 5.41) is 3.90. The maximum atomic E-state index is 13.2. The van der Waals surface area contributed by atoms with Gasteiger partial charge in [-0.25, -0.2) is 4.39 Å². The Morgan fingerprint density at radius 3 is 2.53 bits per heavy atom. The Morgan fingerprint density at radius 2 is 1.84 bits per heavy atom. The van der Waals surface area contributed by atoms with E-state index in [-0.39, 0.29) is 4.99 Å². The second-order valence-corrected chi connectivity index (χ2v) is 5.09. The Hall–Kier alpha value is -1.36. The highest BCUT2D eigenvalue weighted by Gasteiger charge is 2.09. The molecule has 0 fully saturated rings. The third-order valence-corrected chi connectivity index (χ3v) is 3.23. The number of hydrogen-bond donors (Lipinski definition) is 2. The Bertz CT molecular complexity index is 647.